The van der Waals surface area contributed by atoms with Crippen molar-refractivity contribution in [1.82, 2.24) is 14.9 Å². The summed E-state index contributed by atoms with van der Waals surface area (Å²) in [7, 11) is 0. The van der Waals surface area contributed by atoms with Gasteiger partial charge in [-0.3, -0.25) is 4.79 Å². The first-order valence-electron chi connectivity index (χ1n) is 14.4. The summed E-state index contributed by atoms with van der Waals surface area (Å²) in [6.07, 6.45) is 11.2. The fourth-order valence-electron chi connectivity index (χ4n) is 4.61. The molecule has 1 aromatic carbocycles. The zero-order chi connectivity index (χ0) is 28.7. The average Bonchev–Trinajstić information content (AvgIpc) is 3.56. The van der Waals surface area contributed by atoms with E-state index in [2.05, 4.69) is 47.9 Å². The number of thiazole rings is 1. The van der Waals surface area contributed by atoms with E-state index in [-0.39, 0.29) is 17.3 Å². The van der Waals surface area contributed by atoms with Crippen molar-refractivity contribution in [2.75, 3.05) is 25.1 Å². The van der Waals surface area contributed by atoms with Gasteiger partial charge in [0.1, 0.15) is 5.82 Å². The van der Waals surface area contributed by atoms with Crippen LogP contribution in [-0.2, 0) is 10.3 Å². The van der Waals surface area contributed by atoms with Crippen LogP contribution in [0, 0.1) is 18.7 Å². The molecule has 3 heterocycles. The molecular formula is C32H43FN4O2S. The molecule has 5 rings (SSSR count). The van der Waals surface area contributed by atoms with Gasteiger partial charge in [0.05, 0.1) is 36.6 Å². The van der Waals surface area contributed by atoms with Gasteiger partial charge in [-0.2, -0.15) is 0 Å². The molecule has 2 fully saturated rings. The molecule has 0 radical (unpaired) electrons. The Morgan fingerprint density at radius 2 is 2.02 bits per heavy atom. The number of nitrogens with zero attached hydrogens (tertiary/aromatic N) is 2. The van der Waals surface area contributed by atoms with Gasteiger partial charge in [0.2, 0.25) is 0 Å². The molecule has 6 nitrogen and oxygen atoms in total. The average molecular weight is 567 g/mol. The van der Waals surface area contributed by atoms with E-state index in [1.165, 1.54) is 42.2 Å². The molecule has 1 aliphatic heterocycles. The Hall–Kier alpha value is -2.97. The van der Waals surface area contributed by atoms with Gasteiger partial charge in [0.25, 0.3) is 5.91 Å². The molecule has 3 aromatic rings. The van der Waals surface area contributed by atoms with E-state index in [0.717, 1.165) is 47.3 Å². The molecule has 8 heteroatoms. The summed E-state index contributed by atoms with van der Waals surface area (Å²) < 4.78 is 21.0. The first-order chi connectivity index (χ1) is 19.2. The number of nitrogens with one attached hydrogen (secondary N) is 2. The molecule has 1 amide bonds. The lowest BCUT2D eigenvalue weighted by atomic mass is 9.90. The van der Waals surface area contributed by atoms with Crippen LogP contribution in [0.3, 0.4) is 0 Å². The summed E-state index contributed by atoms with van der Waals surface area (Å²) in [6, 6.07) is 6.87. The number of carbonyl (C=O) groups is 1. The Bertz CT molecular complexity index is 1320. The Morgan fingerprint density at radius 3 is 2.60 bits per heavy atom. The topological polar surface area (TPSA) is 68.2 Å². The Balaban J connectivity index is 0.000000470. The van der Waals surface area contributed by atoms with Crippen LogP contribution in [0.1, 0.15) is 82.1 Å². The molecule has 40 heavy (non-hydrogen) atoms. The van der Waals surface area contributed by atoms with Gasteiger partial charge in [-0.15, -0.1) is 11.3 Å². The largest absolute Gasteiger partial charge is 0.376 e. The first-order valence-corrected chi connectivity index (χ1v) is 15.3. The van der Waals surface area contributed by atoms with Crippen LogP contribution >= 0.6 is 11.3 Å². The van der Waals surface area contributed by atoms with Gasteiger partial charge < -0.3 is 19.9 Å². The lowest BCUT2D eigenvalue weighted by molar-refractivity contribution is -0.0895. The molecule has 1 saturated carbocycles. The second-order valence-corrected chi connectivity index (χ2v) is 12.4. The maximum Gasteiger partial charge on any atom is 0.253 e. The fourth-order valence-corrected chi connectivity index (χ4v) is 5.35. The summed E-state index contributed by atoms with van der Waals surface area (Å²) in [5.41, 5.74) is 5.20. The highest BCUT2D eigenvalue weighted by molar-refractivity contribution is 7.14. The Morgan fingerprint density at radius 1 is 1.25 bits per heavy atom. The minimum atomic E-state index is -0.217. The normalized spacial score (nSPS) is 15.5. The summed E-state index contributed by atoms with van der Waals surface area (Å²) >= 11 is 1.50. The number of amides is 1. The summed E-state index contributed by atoms with van der Waals surface area (Å²) in [6.45, 7) is 12.4. The van der Waals surface area contributed by atoms with Gasteiger partial charge in [-0.1, -0.05) is 40.0 Å². The van der Waals surface area contributed by atoms with Crippen molar-refractivity contribution in [2.24, 2.45) is 5.92 Å². The number of unbranched alkanes of at least 4 members (excludes halogenated alkanes) is 1. The molecule has 2 aliphatic rings. The molecular weight excluding hydrogens is 523 g/mol. The highest BCUT2D eigenvalue weighted by Gasteiger charge is 2.35. The molecule has 2 N–H and O–H groups in total. The van der Waals surface area contributed by atoms with Crippen molar-refractivity contribution >= 4 is 22.4 Å². The minimum Gasteiger partial charge on any atom is -0.376 e. The smallest absolute Gasteiger partial charge is 0.253 e. The van der Waals surface area contributed by atoms with Crippen LogP contribution in [0.25, 0.3) is 11.3 Å². The van der Waals surface area contributed by atoms with Crippen molar-refractivity contribution < 1.29 is 13.9 Å². The fraction of sp³-hybridized carbons (Fsp3) is 0.500. The molecule has 0 bridgehead atoms. The minimum absolute atomic E-state index is 0.0647. The van der Waals surface area contributed by atoms with Gasteiger partial charge >= 0.3 is 0 Å². The molecule has 2 aromatic heterocycles. The summed E-state index contributed by atoms with van der Waals surface area (Å²) in [5, 5.41) is 9.21. The molecule has 0 unspecified atom stereocenters. The SMILES string of the molecule is CCCCC(C)C.Cc1cc(-c2csc(NC(CNC(=O)c3ccn(C4(C)COC4)c3)=C3CCC3)n2)ccc1F. The lowest BCUT2D eigenvalue weighted by Crippen LogP contribution is -2.48. The number of allylic oxidation sites excluding steroid dienone is 1. The standard InChI is InChI=1S/C25H27FN4O2S.C7H16/c1-16-10-18(6-7-20(16)26)22-13-33-24(29-22)28-21(17-4-3-5-17)11-27-23(31)19-8-9-30(12-19)25(2)14-32-15-25;1-4-5-6-7(2)3/h6-10,12-13H,3-5,11,14-15H2,1-2H3,(H,27,31)(H,28,29);7H,4-6H2,1-3H3. The highest BCUT2D eigenvalue weighted by atomic mass is 32.1. The van der Waals surface area contributed by atoms with Crippen LogP contribution in [0.2, 0.25) is 0 Å². The van der Waals surface area contributed by atoms with E-state index in [1.54, 1.807) is 13.0 Å². The molecule has 1 aliphatic carbocycles. The number of ether oxygens (including phenoxy) is 1. The van der Waals surface area contributed by atoms with Crippen molar-refractivity contribution in [1.29, 1.82) is 0 Å². The second-order valence-electron chi connectivity index (χ2n) is 11.6. The Kier molecular flexibility index (Phi) is 10.2. The number of carbonyl (C=O) groups excluding carboxylic acids is 1. The van der Waals surface area contributed by atoms with E-state index in [0.29, 0.717) is 30.9 Å². The van der Waals surface area contributed by atoms with Crippen LogP contribution in [-0.4, -0.2) is 35.2 Å². The van der Waals surface area contributed by atoms with Crippen LogP contribution in [0.4, 0.5) is 9.52 Å². The Labute approximate surface area is 242 Å². The van der Waals surface area contributed by atoms with Gasteiger partial charge in [-0.05, 0) is 74.4 Å². The second kappa shape index (κ2) is 13.6. The molecule has 1 saturated heterocycles. The number of benzene rings is 1. The number of aromatic nitrogens is 2. The highest BCUT2D eigenvalue weighted by Crippen LogP contribution is 2.32. The van der Waals surface area contributed by atoms with Gasteiger partial charge in [-0.25, -0.2) is 9.37 Å². The van der Waals surface area contributed by atoms with Crippen molar-refractivity contribution in [3.63, 3.8) is 0 Å². The van der Waals surface area contributed by atoms with Crippen LogP contribution < -0.4 is 10.6 Å². The zero-order valence-corrected chi connectivity index (χ0v) is 25.3. The maximum atomic E-state index is 13.6. The number of hydrogen-bond acceptors (Lipinski definition) is 5. The van der Waals surface area contributed by atoms with Crippen molar-refractivity contribution in [3.05, 3.63) is 70.3 Å². The summed E-state index contributed by atoms with van der Waals surface area (Å²) in [4.78, 5) is 17.5. The predicted octanol–water partition coefficient (Wildman–Crippen LogP) is 7.92. The lowest BCUT2D eigenvalue weighted by Gasteiger charge is -2.39. The third kappa shape index (κ3) is 7.61. The van der Waals surface area contributed by atoms with Gasteiger partial charge in [0, 0.05) is 29.0 Å². The van der Waals surface area contributed by atoms with E-state index >= 15 is 0 Å². The van der Waals surface area contributed by atoms with Crippen molar-refractivity contribution in [2.45, 2.75) is 78.7 Å². The monoisotopic (exact) mass is 566 g/mol. The molecule has 0 spiro atoms. The van der Waals surface area contributed by atoms with Crippen LogP contribution in [0.5, 0.6) is 0 Å². The number of hydrogen-bond donors (Lipinski definition) is 2. The predicted molar refractivity (Wildman–Crippen MR) is 162 cm³/mol. The zero-order valence-electron chi connectivity index (χ0n) is 24.5. The van der Waals surface area contributed by atoms with Crippen molar-refractivity contribution in [3.8, 4) is 11.3 Å². The van der Waals surface area contributed by atoms with E-state index in [1.807, 2.05) is 29.9 Å². The van der Waals surface area contributed by atoms with E-state index in [4.69, 9.17) is 4.74 Å². The first kappa shape index (κ1) is 30.0. The van der Waals surface area contributed by atoms with Gasteiger partial charge in [0.15, 0.2) is 5.13 Å². The third-order valence-corrected chi connectivity index (χ3v) is 8.32. The van der Waals surface area contributed by atoms with Crippen LogP contribution in [0.15, 0.2) is 53.3 Å². The number of rotatable bonds is 10. The van der Waals surface area contributed by atoms with E-state index < -0.39 is 0 Å². The maximum absolute atomic E-state index is 13.6. The third-order valence-electron chi connectivity index (χ3n) is 7.56. The number of anilines is 1. The molecule has 0 atom stereocenters. The van der Waals surface area contributed by atoms with E-state index in [9.17, 15) is 9.18 Å². The quantitative estimate of drug-likeness (QED) is 0.262. The molecule has 216 valence electrons. The number of halogens is 1. The number of aryl methyl sites for hydroxylation is 1. The summed E-state index contributed by atoms with van der Waals surface area (Å²) in [5.74, 6) is 0.587.